The lowest BCUT2D eigenvalue weighted by Gasteiger charge is -2.50. The Balaban J connectivity index is 1.57. The number of nitrogens with one attached hydrogen (secondary N) is 1. The van der Waals surface area contributed by atoms with Gasteiger partial charge in [0.05, 0.1) is 18.2 Å². The largest absolute Gasteiger partial charge is 0.510 e. The Morgan fingerprint density at radius 3 is 2.33 bits per heavy atom. The highest BCUT2D eigenvalue weighted by molar-refractivity contribution is 6.24. The van der Waals surface area contributed by atoms with Crippen LogP contribution in [0.15, 0.2) is 59.1 Å². The predicted molar refractivity (Wildman–Crippen MR) is 147 cm³/mol. The van der Waals surface area contributed by atoms with Crippen molar-refractivity contribution in [3.63, 3.8) is 0 Å². The van der Waals surface area contributed by atoms with Gasteiger partial charge >= 0.3 is 6.18 Å². The molecule has 7 N–H and O–H groups in total. The van der Waals surface area contributed by atoms with Gasteiger partial charge in [-0.2, -0.15) is 13.2 Å². The number of nitrogens with zero attached hydrogens (tertiary/aromatic N) is 1. The lowest BCUT2D eigenvalue weighted by molar-refractivity contribution is -0.148. The van der Waals surface area contributed by atoms with Crippen LogP contribution in [-0.4, -0.2) is 81.3 Å². The fraction of sp³-hybridized carbons (Fsp3) is 0.367. The molecule has 2 aromatic carbocycles. The van der Waals surface area contributed by atoms with Gasteiger partial charge in [0.1, 0.15) is 22.8 Å². The summed E-state index contributed by atoms with van der Waals surface area (Å²) in [6, 6.07) is 8.44. The van der Waals surface area contributed by atoms with Crippen LogP contribution in [0.5, 0.6) is 5.75 Å². The summed E-state index contributed by atoms with van der Waals surface area (Å²) in [5.74, 6) is -7.30. The van der Waals surface area contributed by atoms with E-state index in [0.29, 0.717) is 22.3 Å². The van der Waals surface area contributed by atoms with E-state index < -0.39 is 70.8 Å². The molecule has 0 saturated heterocycles. The van der Waals surface area contributed by atoms with Crippen LogP contribution in [0.2, 0.25) is 0 Å². The monoisotopic (exact) mass is 601 g/mol. The predicted octanol–water partition coefficient (Wildman–Crippen LogP) is 2.44. The molecule has 228 valence electrons. The zero-order valence-electron chi connectivity index (χ0n) is 23.2. The Hall–Kier alpha value is -4.20. The number of halogens is 3. The summed E-state index contributed by atoms with van der Waals surface area (Å²) in [4.78, 5) is 40.8. The molecule has 10 nitrogen and oxygen atoms in total. The van der Waals surface area contributed by atoms with Crippen LogP contribution >= 0.6 is 0 Å². The Morgan fingerprint density at radius 2 is 1.74 bits per heavy atom. The van der Waals surface area contributed by atoms with Crippen molar-refractivity contribution in [3.8, 4) is 16.9 Å². The highest BCUT2D eigenvalue weighted by Gasteiger charge is 2.63. The summed E-state index contributed by atoms with van der Waals surface area (Å²) in [5.41, 5.74) is 3.58. The number of primary amides is 1. The molecule has 43 heavy (non-hydrogen) atoms. The molecule has 2 aromatic rings. The first-order valence-corrected chi connectivity index (χ1v) is 13.4. The molecule has 0 radical (unpaired) electrons. The molecule has 0 spiro atoms. The van der Waals surface area contributed by atoms with Gasteiger partial charge in [-0.1, -0.05) is 30.3 Å². The van der Waals surface area contributed by atoms with Gasteiger partial charge < -0.3 is 31.5 Å². The summed E-state index contributed by atoms with van der Waals surface area (Å²) in [6.45, 7) is -1.16. The Bertz CT molecular complexity index is 1600. The number of aliphatic hydroxyl groups excluding tert-OH is 2. The zero-order valence-corrected chi connectivity index (χ0v) is 23.2. The molecular formula is C30H30F3N3O7. The van der Waals surface area contributed by atoms with Crippen molar-refractivity contribution in [1.82, 2.24) is 10.2 Å². The number of nitrogens with two attached hydrogens (primary N) is 1. The number of carbonyl (C=O) groups excluding carboxylic acids is 3. The number of aromatic hydroxyl groups is 1. The third-order valence-electron chi connectivity index (χ3n) is 8.53. The third kappa shape index (κ3) is 4.86. The normalized spacial score (nSPS) is 25.5. The van der Waals surface area contributed by atoms with E-state index in [2.05, 4.69) is 5.32 Å². The SMILES string of the molecule is CN(C)[C@H]1C(O)=C(C(N)=O)C(=O)[C@]2(O)C(O)=C3C(=O)c4c(O)ccc(-c5ccc(CNCC(F)(F)F)cc5)c4C[C@@H]3C[C@@H]12. The number of carbonyl (C=O) groups is 3. The maximum atomic E-state index is 13.9. The number of fused-ring (bicyclic) bond motifs is 3. The van der Waals surface area contributed by atoms with E-state index >= 15 is 0 Å². The maximum absolute atomic E-state index is 13.9. The molecule has 0 unspecified atom stereocenters. The molecule has 1 amide bonds. The van der Waals surface area contributed by atoms with Gasteiger partial charge in [-0.3, -0.25) is 19.3 Å². The molecule has 5 rings (SSSR count). The molecule has 0 aromatic heterocycles. The number of benzene rings is 2. The highest BCUT2D eigenvalue weighted by Crippen LogP contribution is 2.53. The standard InChI is InChI=1S/C30H30F3N3O7/c1-36(2)23-18-10-15-9-17-16(14-5-3-13(4-6-14)11-35-12-29(31,32)33)7-8-19(37)21(17)24(38)20(15)26(40)30(18,43)27(41)22(25(23)39)28(34)42/h3-8,15,18,23,35,37,39-40,43H,9-12H2,1-2H3,(H2,34,42)/t15-,18+,23-,30-/m1/s1. The fourth-order valence-electron chi connectivity index (χ4n) is 6.67. The van der Waals surface area contributed by atoms with Gasteiger partial charge in [-0.15, -0.1) is 0 Å². The number of rotatable bonds is 6. The first-order chi connectivity index (χ1) is 20.1. The number of amides is 1. The van der Waals surface area contributed by atoms with Crippen LogP contribution in [0.25, 0.3) is 11.1 Å². The van der Waals surface area contributed by atoms with Gasteiger partial charge in [-0.05, 0) is 61.2 Å². The Morgan fingerprint density at radius 1 is 1.09 bits per heavy atom. The van der Waals surface area contributed by atoms with Crippen LogP contribution in [0.1, 0.15) is 27.9 Å². The topological polar surface area (TPSA) is 173 Å². The number of hydrogen-bond acceptors (Lipinski definition) is 9. The second-order valence-corrected chi connectivity index (χ2v) is 11.4. The number of alkyl halides is 3. The van der Waals surface area contributed by atoms with Crippen molar-refractivity contribution in [2.75, 3.05) is 20.6 Å². The van der Waals surface area contributed by atoms with E-state index in [1.165, 1.54) is 11.0 Å². The fourth-order valence-corrected chi connectivity index (χ4v) is 6.67. The van der Waals surface area contributed by atoms with Crippen molar-refractivity contribution in [2.45, 2.75) is 37.2 Å². The van der Waals surface area contributed by atoms with Gasteiger partial charge in [0, 0.05) is 18.0 Å². The van der Waals surface area contributed by atoms with E-state index in [1.807, 2.05) is 0 Å². The van der Waals surface area contributed by atoms with Crippen LogP contribution < -0.4 is 11.1 Å². The van der Waals surface area contributed by atoms with E-state index in [1.54, 1.807) is 44.4 Å². The Labute approximate surface area is 243 Å². The molecule has 3 aliphatic carbocycles. The van der Waals surface area contributed by atoms with Crippen LogP contribution in [0.4, 0.5) is 13.2 Å². The number of likely N-dealkylation sites (N-methyl/N-ethyl adjacent to an activating group) is 1. The second kappa shape index (κ2) is 10.5. The minimum atomic E-state index is -4.34. The van der Waals surface area contributed by atoms with E-state index in [0.717, 1.165) is 0 Å². The van der Waals surface area contributed by atoms with Crippen LogP contribution in [0, 0.1) is 11.8 Å². The number of allylic oxidation sites excluding steroid dienone is 1. The number of ketones is 2. The average molecular weight is 602 g/mol. The van der Waals surface area contributed by atoms with Crippen molar-refractivity contribution < 1.29 is 48.0 Å². The molecule has 0 bridgehead atoms. The first kappa shape index (κ1) is 30.3. The smallest absolute Gasteiger partial charge is 0.401 e. The van der Waals surface area contributed by atoms with Crippen molar-refractivity contribution in [2.24, 2.45) is 17.6 Å². The molecule has 0 fully saturated rings. The lowest BCUT2D eigenvalue weighted by Crippen LogP contribution is -2.63. The van der Waals surface area contributed by atoms with Gasteiger partial charge in [0.15, 0.2) is 11.4 Å². The molecule has 4 atom stereocenters. The average Bonchev–Trinajstić information content (AvgIpc) is 2.90. The molecule has 0 saturated carbocycles. The summed E-state index contributed by atoms with van der Waals surface area (Å²) in [7, 11) is 3.09. The highest BCUT2D eigenvalue weighted by atomic mass is 19.4. The zero-order chi connectivity index (χ0) is 31.6. The summed E-state index contributed by atoms with van der Waals surface area (Å²) in [5, 5.41) is 47.0. The number of Topliss-reactive ketones (excluding diaryl/α,β-unsaturated/α-hetero) is 2. The Kier molecular flexibility index (Phi) is 7.39. The molecule has 0 heterocycles. The molecular weight excluding hydrogens is 571 g/mol. The number of aliphatic hydroxyl groups is 3. The summed E-state index contributed by atoms with van der Waals surface area (Å²) in [6.07, 6.45) is -4.29. The maximum Gasteiger partial charge on any atom is 0.401 e. The summed E-state index contributed by atoms with van der Waals surface area (Å²) < 4.78 is 37.4. The van der Waals surface area contributed by atoms with Crippen LogP contribution in [0.3, 0.4) is 0 Å². The van der Waals surface area contributed by atoms with Gasteiger partial charge in [0.25, 0.3) is 5.91 Å². The van der Waals surface area contributed by atoms with Gasteiger partial charge in [0.2, 0.25) is 5.78 Å². The number of hydrogen-bond donors (Lipinski definition) is 6. The molecule has 13 heteroatoms. The third-order valence-corrected chi connectivity index (χ3v) is 8.53. The van der Waals surface area contributed by atoms with Crippen molar-refractivity contribution in [1.29, 1.82) is 0 Å². The van der Waals surface area contributed by atoms with E-state index in [4.69, 9.17) is 5.73 Å². The minimum absolute atomic E-state index is 0.0176. The molecule has 3 aliphatic rings. The minimum Gasteiger partial charge on any atom is -0.510 e. The lowest BCUT2D eigenvalue weighted by atomic mass is 9.58. The van der Waals surface area contributed by atoms with E-state index in [9.17, 15) is 48.0 Å². The van der Waals surface area contributed by atoms with Crippen LogP contribution in [-0.2, 0) is 22.6 Å². The second-order valence-electron chi connectivity index (χ2n) is 11.4. The molecule has 0 aliphatic heterocycles. The number of phenols is 1. The van der Waals surface area contributed by atoms with E-state index in [-0.39, 0.29) is 36.3 Å². The first-order valence-electron chi connectivity index (χ1n) is 13.4. The quantitative estimate of drug-likeness (QED) is 0.272. The van der Waals surface area contributed by atoms with Gasteiger partial charge in [-0.25, -0.2) is 0 Å². The number of phenolic OH excluding ortho intramolecular Hbond substituents is 1. The summed E-state index contributed by atoms with van der Waals surface area (Å²) >= 11 is 0. The van der Waals surface area contributed by atoms with Crippen molar-refractivity contribution in [3.05, 3.63) is 75.8 Å². The van der Waals surface area contributed by atoms with Crippen molar-refractivity contribution >= 4 is 17.5 Å².